The quantitative estimate of drug-likeness (QED) is 0.600. The van der Waals surface area contributed by atoms with Crippen molar-refractivity contribution in [1.82, 2.24) is 24.7 Å². The summed E-state index contributed by atoms with van der Waals surface area (Å²) in [6, 6.07) is 7.73. The van der Waals surface area contributed by atoms with E-state index in [0.29, 0.717) is 23.4 Å². The van der Waals surface area contributed by atoms with E-state index in [-0.39, 0.29) is 6.10 Å². The van der Waals surface area contributed by atoms with Crippen LogP contribution in [-0.2, 0) is 11.3 Å². The monoisotopic (exact) mass is 413 g/mol. The summed E-state index contributed by atoms with van der Waals surface area (Å²) >= 11 is 6.06. The third-order valence-corrected chi connectivity index (χ3v) is 5.45. The number of benzene rings is 1. The van der Waals surface area contributed by atoms with Gasteiger partial charge in [0.2, 0.25) is 5.88 Å². The van der Waals surface area contributed by atoms with Gasteiger partial charge in [-0.15, -0.1) is 10.2 Å². The first-order chi connectivity index (χ1) is 14.1. The number of nitrogens with zero attached hydrogens (tertiary/aromatic N) is 5. The minimum Gasteiger partial charge on any atom is -0.473 e. The number of aromatic nitrogens is 5. The number of methoxy groups -OCH3 is 1. The lowest BCUT2D eigenvalue weighted by Gasteiger charge is -2.28. The zero-order valence-corrected chi connectivity index (χ0v) is 17.3. The number of rotatable bonds is 6. The zero-order chi connectivity index (χ0) is 20.2. The molecule has 3 aromatic rings. The molecule has 7 nitrogen and oxygen atoms in total. The molecule has 2 aromatic heterocycles. The fourth-order valence-corrected chi connectivity index (χ4v) is 3.87. The summed E-state index contributed by atoms with van der Waals surface area (Å²) in [5.74, 6) is 2.66. The van der Waals surface area contributed by atoms with Gasteiger partial charge >= 0.3 is 0 Å². The van der Waals surface area contributed by atoms with Crippen molar-refractivity contribution < 1.29 is 9.47 Å². The molecule has 1 aliphatic rings. The average molecular weight is 414 g/mol. The second kappa shape index (κ2) is 8.88. The van der Waals surface area contributed by atoms with Crippen LogP contribution in [0.25, 0.3) is 5.69 Å². The maximum atomic E-state index is 6.06. The van der Waals surface area contributed by atoms with Gasteiger partial charge in [0.25, 0.3) is 0 Å². The molecule has 0 spiro atoms. The predicted molar refractivity (Wildman–Crippen MR) is 109 cm³/mol. The van der Waals surface area contributed by atoms with Gasteiger partial charge in [0, 0.05) is 23.7 Å². The molecule has 1 saturated carbocycles. The van der Waals surface area contributed by atoms with E-state index in [4.69, 9.17) is 21.1 Å². The Morgan fingerprint density at radius 1 is 1.03 bits per heavy atom. The molecule has 2 heterocycles. The number of halogens is 1. The summed E-state index contributed by atoms with van der Waals surface area (Å²) in [6.45, 7) is 2.32. The molecule has 0 aliphatic heterocycles. The van der Waals surface area contributed by atoms with Gasteiger partial charge in [-0.05, 0) is 56.9 Å². The molecule has 0 bridgehead atoms. The van der Waals surface area contributed by atoms with Crippen LogP contribution in [-0.4, -0.2) is 37.9 Å². The minimum absolute atomic E-state index is 0.147. The lowest BCUT2D eigenvalue weighted by molar-refractivity contribution is 0.138. The van der Waals surface area contributed by atoms with Gasteiger partial charge in [0.05, 0.1) is 18.1 Å². The number of ether oxygens (including phenoxy) is 2. The molecule has 0 saturated heterocycles. The van der Waals surface area contributed by atoms with Crippen molar-refractivity contribution in [3.05, 3.63) is 59.0 Å². The Labute approximate surface area is 175 Å². The summed E-state index contributed by atoms with van der Waals surface area (Å²) in [5, 5.41) is 9.60. The molecular formula is C21H24ClN5O2. The fraction of sp³-hybridized carbons (Fsp3) is 0.429. The Bertz CT molecular complexity index is 935. The van der Waals surface area contributed by atoms with Crippen LogP contribution >= 0.6 is 11.6 Å². The topological polar surface area (TPSA) is 75.0 Å². The maximum Gasteiger partial charge on any atom is 0.232 e. The normalized spacial score (nSPS) is 19.3. The summed E-state index contributed by atoms with van der Waals surface area (Å²) in [4.78, 5) is 8.55. The van der Waals surface area contributed by atoms with Gasteiger partial charge in [-0.25, -0.2) is 4.98 Å². The second-order valence-electron chi connectivity index (χ2n) is 7.31. The Hall–Kier alpha value is -2.51. The number of hydrogen-bond donors (Lipinski definition) is 0. The van der Waals surface area contributed by atoms with Crippen LogP contribution in [0.1, 0.15) is 48.9 Å². The van der Waals surface area contributed by atoms with Crippen LogP contribution in [0.3, 0.4) is 0 Å². The van der Waals surface area contributed by atoms with Crippen molar-refractivity contribution in [1.29, 1.82) is 0 Å². The van der Waals surface area contributed by atoms with Gasteiger partial charge < -0.3 is 9.47 Å². The van der Waals surface area contributed by atoms with Crippen LogP contribution in [0.15, 0.2) is 36.7 Å². The second-order valence-corrected chi connectivity index (χ2v) is 7.74. The Kier molecular flexibility index (Phi) is 6.06. The summed E-state index contributed by atoms with van der Waals surface area (Å²) in [5.41, 5.74) is 1.88. The summed E-state index contributed by atoms with van der Waals surface area (Å²) in [6.07, 6.45) is 7.39. The smallest absolute Gasteiger partial charge is 0.232 e. The molecule has 1 aromatic carbocycles. The molecule has 8 heteroatoms. The van der Waals surface area contributed by atoms with Gasteiger partial charge in [-0.3, -0.25) is 9.55 Å². The highest BCUT2D eigenvalue weighted by Gasteiger charge is 2.29. The van der Waals surface area contributed by atoms with E-state index in [2.05, 4.69) is 24.7 Å². The Morgan fingerprint density at radius 3 is 2.45 bits per heavy atom. The van der Waals surface area contributed by atoms with Crippen LogP contribution in [0.5, 0.6) is 5.88 Å². The van der Waals surface area contributed by atoms with Gasteiger partial charge in [0.15, 0.2) is 5.82 Å². The van der Waals surface area contributed by atoms with E-state index in [1.165, 1.54) is 0 Å². The first kappa shape index (κ1) is 19.8. The van der Waals surface area contributed by atoms with E-state index in [1.54, 1.807) is 19.5 Å². The molecular weight excluding hydrogens is 390 g/mol. The van der Waals surface area contributed by atoms with E-state index in [1.807, 2.05) is 31.2 Å². The first-order valence-electron chi connectivity index (χ1n) is 9.78. The van der Waals surface area contributed by atoms with Crippen molar-refractivity contribution in [2.45, 2.75) is 51.2 Å². The Balaban J connectivity index is 1.49. The largest absolute Gasteiger partial charge is 0.473 e. The lowest BCUT2D eigenvalue weighted by atomic mass is 9.86. The Morgan fingerprint density at radius 2 is 1.79 bits per heavy atom. The fourth-order valence-electron chi connectivity index (χ4n) is 3.74. The molecule has 0 N–H and O–H groups in total. The van der Waals surface area contributed by atoms with E-state index in [9.17, 15) is 0 Å². The summed E-state index contributed by atoms with van der Waals surface area (Å²) in [7, 11) is 1.66. The van der Waals surface area contributed by atoms with E-state index in [0.717, 1.165) is 48.7 Å². The van der Waals surface area contributed by atoms with Crippen molar-refractivity contribution in [3.63, 3.8) is 0 Å². The van der Waals surface area contributed by atoms with E-state index >= 15 is 0 Å². The van der Waals surface area contributed by atoms with Crippen molar-refractivity contribution in [2.75, 3.05) is 7.11 Å². The lowest BCUT2D eigenvalue weighted by Crippen LogP contribution is -2.25. The molecule has 0 atom stereocenters. The average Bonchev–Trinajstić information content (AvgIpc) is 3.15. The summed E-state index contributed by atoms with van der Waals surface area (Å²) < 4.78 is 13.4. The third kappa shape index (κ3) is 4.57. The van der Waals surface area contributed by atoms with Gasteiger partial charge in [-0.2, -0.15) is 0 Å². The minimum atomic E-state index is 0.147. The molecule has 0 unspecified atom stereocenters. The molecule has 1 aliphatic carbocycles. The highest BCUT2D eigenvalue weighted by molar-refractivity contribution is 6.30. The maximum absolute atomic E-state index is 6.06. The zero-order valence-electron chi connectivity index (χ0n) is 16.6. The van der Waals surface area contributed by atoms with Gasteiger partial charge in [0.1, 0.15) is 18.5 Å². The van der Waals surface area contributed by atoms with Crippen molar-refractivity contribution in [3.8, 4) is 11.6 Å². The predicted octanol–water partition coefficient (Wildman–Crippen LogP) is 4.27. The molecule has 0 amide bonds. The third-order valence-electron chi connectivity index (χ3n) is 5.20. The van der Waals surface area contributed by atoms with Crippen LogP contribution < -0.4 is 4.74 Å². The van der Waals surface area contributed by atoms with Crippen LogP contribution in [0.4, 0.5) is 0 Å². The first-order valence-corrected chi connectivity index (χ1v) is 10.2. The number of hydrogen-bond acceptors (Lipinski definition) is 6. The van der Waals surface area contributed by atoms with Crippen molar-refractivity contribution >= 4 is 11.6 Å². The molecule has 0 radical (unpaired) electrons. The highest BCUT2D eigenvalue weighted by atomic mass is 35.5. The molecule has 4 rings (SSSR count). The molecule has 29 heavy (non-hydrogen) atoms. The number of aryl methyl sites for hydroxylation is 1. The molecule has 152 valence electrons. The standard InChI is InChI=1S/C21H24ClN5O2/c1-14-11-24-20(12-23-14)29-18-9-3-15(4-10-18)21-26-25-19(13-28-2)27(21)17-7-5-16(22)6-8-17/h5-8,11-12,15,18H,3-4,9-10,13H2,1-2H3/t15-,18-. The van der Waals surface area contributed by atoms with E-state index < -0.39 is 0 Å². The SMILES string of the molecule is COCc1nnc([C@H]2CC[C@H](Oc3cnc(C)cn3)CC2)n1-c1ccc(Cl)cc1. The highest BCUT2D eigenvalue weighted by Crippen LogP contribution is 2.35. The van der Waals surface area contributed by atoms with Gasteiger partial charge in [-0.1, -0.05) is 11.6 Å². The van der Waals surface area contributed by atoms with Crippen LogP contribution in [0.2, 0.25) is 5.02 Å². The molecule has 1 fully saturated rings. The van der Waals surface area contributed by atoms with Crippen molar-refractivity contribution in [2.24, 2.45) is 0 Å². The van der Waals surface area contributed by atoms with Crippen LogP contribution in [0, 0.1) is 6.92 Å².